The molecule has 4 aliphatic carbocycles. The summed E-state index contributed by atoms with van der Waals surface area (Å²) in [5.41, 5.74) is 1.74. The SMILES string of the molecule is O=C1c2ccccc2C(=O)c2c(NC(=O)C3CCC4C(=O)C5CCCCC5C5NCNC3C45)cccc21. The minimum Gasteiger partial charge on any atom is -0.325 e. The molecule has 2 aromatic carbocycles. The molecule has 0 spiro atoms. The summed E-state index contributed by atoms with van der Waals surface area (Å²) in [6.45, 7) is 0.629. The molecule has 1 heterocycles. The van der Waals surface area contributed by atoms with Gasteiger partial charge in [-0.2, -0.15) is 0 Å². The molecule has 2 aromatic rings. The molecule has 0 radical (unpaired) electrons. The smallest absolute Gasteiger partial charge is 0.229 e. The number of amides is 1. The van der Waals surface area contributed by atoms with Crippen molar-refractivity contribution in [2.45, 2.75) is 50.6 Å². The Labute approximate surface area is 215 Å². The second kappa shape index (κ2) is 8.71. The predicted octanol–water partition coefficient (Wildman–Crippen LogP) is 3.32. The molecule has 1 saturated heterocycles. The van der Waals surface area contributed by atoms with Crippen molar-refractivity contribution in [3.05, 3.63) is 64.7 Å². The van der Waals surface area contributed by atoms with E-state index in [1.807, 2.05) is 0 Å². The molecule has 1 aliphatic heterocycles. The Morgan fingerprint density at radius 1 is 0.757 bits per heavy atom. The number of hydrogen-bond donors (Lipinski definition) is 3. The van der Waals surface area contributed by atoms with E-state index >= 15 is 0 Å². The van der Waals surface area contributed by atoms with Gasteiger partial charge in [-0.15, -0.1) is 0 Å². The number of rotatable bonds is 2. The number of fused-ring (bicyclic) bond motifs is 4. The van der Waals surface area contributed by atoms with E-state index < -0.39 is 0 Å². The summed E-state index contributed by atoms with van der Waals surface area (Å²) >= 11 is 0. The van der Waals surface area contributed by atoms with Gasteiger partial charge in [-0.25, -0.2) is 0 Å². The minimum absolute atomic E-state index is 0.00103. The molecule has 0 bridgehead atoms. The number of ketones is 3. The van der Waals surface area contributed by atoms with Crippen LogP contribution in [0.15, 0.2) is 42.5 Å². The van der Waals surface area contributed by atoms with Crippen molar-refractivity contribution in [1.29, 1.82) is 0 Å². The maximum Gasteiger partial charge on any atom is 0.229 e. The normalized spacial score (nSPS) is 34.1. The van der Waals surface area contributed by atoms with E-state index in [4.69, 9.17) is 0 Å². The number of benzene rings is 2. The van der Waals surface area contributed by atoms with Gasteiger partial charge in [-0.05, 0) is 37.7 Å². The summed E-state index contributed by atoms with van der Waals surface area (Å²) < 4.78 is 0. The lowest BCUT2D eigenvalue weighted by atomic mass is 9.53. The molecule has 7 atom stereocenters. The molecule has 7 nitrogen and oxygen atoms in total. The van der Waals surface area contributed by atoms with E-state index in [0.29, 0.717) is 47.2 Å². The Balaban J connectivity index is 1.18. The Morgan fingerprint density at radius 3 is 2.32 bits per heavy atom. The molecule has 3 saturated carbocycles. The maximum absolute atomic E-state index is 13.8. The zero-order chi connectivity index (χ0) is 25.3. The first-order chi connectivity index (χ1) is 18.0. The van der Waals surface area contributed by atoms with Gasteiger partial charge in [0, 0.05) is 53.2 Å². The van der Waals surface area contributed by atoms with Crippen LogP contribution in [-0.4, -0.2) is 42.0 Å². The lowest BCUT2D eigenvalue weighted by Gasteiger charge is -2.57. The number of nitrogens with one attached hydrogen (secondary N) is 3. The average Bonchev–Trinajstić information content (AvgIpc) is 2.94. The molecule has 5 aliphatic rings. The van der Waals surface area contributed by atoms with Crippen LogP contribution in [0.4, 0.5) is 5.69 Å². The van der Waals surface area contributed by atoms with Crippen molar-refractivity contribution in [1.82, 2.24) is 10.6 Å². The molecule has 1 amide bonds. The largest absolute Gasteiger partial charge is 0.325 e. The van der Waals surface area contributed by atoms with E-state index in [1.54, 1.807) is 42.5 Å². The predicted molar refractivity (Wildman–Crippen MR) is 137 cm³/mol. The van der Waals surface area contributed by atoms with Crippen LogP contribution in [0.1, 0.15) is 70.4 Å². The van der Waals surface area contributed by atoms with Crippen molar-refractivity contribution >= 4 is 28.9 Å². The summed E-state index contributed by atoms with van der Waals surface area (Å²) in [6, 6.07) is 12.1. The second-order valence-electron chi connectivity index (χ2n) is 11.4. The van der Waals surface area contributed by atoms with Crippen LogP contribution >= 0.6 is 0 Å². The van der Waals surface area contributed by atoms with Gasteiger partial charge in [0.2, 0.25) is 5.91 Å². The third-order valence-electron chi connectivity index (χ3n) is 9.75. The van der Waals surface area contributed by atoms with E-state index in [2.05, 4.69) is 16.0 Å². The molecule has 4 fully saturated rings. The topological polar surface area (TPSA) is 104 Å². The van der Waals surface area contributed by atoms with Crippen LogP contribution in [0.2, 0.25) is 0 Å². The van der Waals surface area contributed by atoms with Gasteiger partial charge in [0.25, 0.3) is 0 Å². The zero-order valence-electron chi connectivity index (χ0n) is 20.7. The molecular formula is C30H31N3O4. The number of Topliss-reactive ketones (excluding diaryl/α,β-unsaturated/α-hetero) is 1. The summed E-state index contributed by atoms with van der Waals surface area (Å²) in [5.74, 6) is 0.138. The third kappa shape index (κ3) is 3.40. The highest BCUT2D eigenvalue weighted by Gasteiger charge is 2.57. The summed E-state index contributed by atoms with van der Waals surface area (Å²) in [5, 5.41) is 10.2. The summed E-state index contributed by atoms with van der Waals surface area (Å²) in [4.78, 5) is 53.8. The number of carbonyl (C=O) groups excluding carboxylic acids is 4. The molecule has 0 aromatic heterocycles. The van der Waals surface area contributed by atoms with Gasteiger partial charge < -0.3 is 16.0 Å². The number of hydrogen-bond acceptors (Lipinski definition) is 6. The first-order valence-corrected chi connectivity index (χ1v) is 13.7. The van der Waals surface area contributed by atoms with Gasteiger partial charge in [0.1, 0.15) is 5.78 Å². The van der Waals surface area contributed by atoms with Crippen LogP contribution in [0.25, 0.3) is 0 Å². The fourth-order valence-electron chi connectivity index (χ4n) is 8.19. The lowest BCUT2D eigenvalue weighted by Crippen LogP contribution is -2.71. The van der Waals surface area contributed by atoms with Crippen molar-refractivity contribution in [3.8, 4) is 0 Å². The van der Waals surface area contributed by atoms with E-state index in [-0.39, 0.29) is 58.8 Å². The van der Waals surface area contributed by atoms with Gasteiger partial charge in [0.05, 0.1) is 17.2 Å². The molecule has 37 heavy (non-hydrogen) atoms. The van der Waals surface area contributed by atoms with Crippen LogP contribution in [0.3, 0.4) is 0 Å². The fourth-order valence-corrected chi connectivity index (χ4v) is 8.19. The molecule has 3 N–H and O–H groups in total. The second-order valence-corrected chi connectivity index (χ2v) is 11.4. The quantitative estimate of drug-likeness (QED) is 0.502. The van der Waals surface area contributed by atoms with Crippen LogP contribution in [0.5, 0.6) is 0 Å². The Hall–Kier alpha value is -3.16. The lowest BCUT2D eigenvalue weighted by molar-refractivity contribution is -0.147. The average molecular weight is 498 g/mol. The Bertz CT molecular complexity index is 1340. The molecule has 7 unspecified atom stereocenters. The maximum atomic E-state index is 13.8. The summed E-state index contributed by atoms with van der Waals surface area (Å²) in [6.07, 6.45) is 5.73. The Kier molecular flexibility index (Phi) is 5.41. The van der Waals surface area contributed by atoms with Crippen molar-refractivity contribution < 1.29 is 19.2 Å². The highest BCUT2D eigenvalue weighted by atomic mass is 16.2. The van der Waals surface area contributed by atoms with Crippen LogP contribution in [-0.2, 0) is 9.59 Å². The van der Waals surface area contributed by atoms with E-state index in [0.717, 1.165) is 25.7 Å². The zero-order valence-corrected chi connectivity index (χ0v) is 20.7. The first-order valence-electron chi connectivity index (χ1n) is 13.7. The number of anilines is 1. The first kappa shape index (κ1) is 23.0. The standard InChI is InChI=1S/C30H31N3O4/c34-27-16-7-2-1-6-15(16)25-24-20(27)12-13-21(26(24)32-14-31-25)30(37)33-22-11-5-10-19-23(22)29(36)18-9-4-3-8-17(18)28(19)35/h3-5,8-11,15-16,20-21,24-26,31-32H,1-2,6-7,12-14H2,(H,33,37). The number of carbonyl (C=O) groups is 4. The van der Waals surface area contributed by atoms with Crippen LogP contribution in [0, 0.1) is 29.6 Å². The van der Waals surface area contributed by atoms with Gasteiger partial charge in [-0.1, -0.05) is 49.2 Å². The van der Waals surface area contributed by atoms with Crippen molar-refractivity contribution in [2.75, 3.05) is 12.0 Å². The molecule has 7 rings (SSSR count). The monoisotopic (exact) mass is 497 g/mol. The highest BCUT2D eigenvalue weighted by Crippen LogP contribution is 2.50. The minimum atomic E-state index is -0.309. The van der Waals surface area contributed by atoms with Gasteiger partial charge >= 0.3 is 0 Å². The highest BCUT2D eigenvalue weighted by molar-refractivity contribution is 6.30. The van der Waals surface area contributed by atoms with E-state index in [9.17, 15) is 19.2 Å². The Morgan fingerprint density at radius 2 is 1.49 bits per heavy atom. The molecule has 7 heteroatoms. The fraction of sp³-hybridized carbons (Fsp3) is 0.467. The van der Waals surface area contributed by atoms with E-state index in [1.165, 1.54) is 6.42 Å². The van der Waals surface area contributed by atoms with Crippen molar-refractivity contribution in [2.24, 2.45) is 29.6 Å². The van der Waals surface area contributed by atoms with Crippen molar-refractivity contribution in [3.63, 3.8) is 0 Å². The summed E-state index contributed by atoms with van der Waals surface area (Å²) in [7, 11) is 0. The molecular weight excluding hydrogens is 466 g/mol. The van der Waals surface area contributed by atoms with Gasteiger partial charge in [-0.3, -0.25) is 19.2 Å². The molecule has 190 valence electrons. The van der Waals surface area contributed by atoms with Gasteiger partial charge in [0.15, 0.2) is 11.6 Å². The van der Waals surface area contributed by atoms with Crippen LogP contribution < -0.4 is 16.0 Å². The third-order valence-corrected chi connectivity index (χ3v) is 9.75.